The molecule has 0 aliphatic heterocycles. The van der Waals surface area contributed by atoms with E-state index in [0.717, 1.165) is 43.5 Å². The van der Waals surface area contributed by atoms with Crippen molar-refractivity contribution < 1.29 is 15.0 Å². The minimum absolute atomic E-state index is 0.0158. The maximum atomic E-state index is 11.5. The molecule has 0 spiro atoms. The molecule has 0 aliphatic rings. The Bertz CT molecular complexity index is 527. The van der Waals surface area contributed by atoms with Crippen LogP contribution in [0.15, 0.2) is 11.0 Å². The highest BCUT2D eigenvalue weighted by molar-refractivity contribution is 8.00. The van der Waals surface area contributed by atoms with Gasteiger partial charge in [0.15, 0.2) is 5.88 Å². The van der Waals surface area contributed by atoms with Crippen molar-refractivity contribution >= 4 is 17.7 Å². The van der Waals surface area contributed by atoms with Crippen LogP contribution in [0.1, 0.15) is 66.2 Å². The molecule has 0 atom stereocenters. The summed E-state index contributed by atoms with van der Waals surface area (Å²) in [5, 5.41) is 23.2. The number of aromatic nitrogens is 1. The van der Waals surface area contributed by atoms with E-state index in [1.807, 2.05) is 6.92 Å². The fourth-order valence-electron chi connectivity index (χ4n) is 2.25. The van der Waals surface area contributed by atoms with Gasteiger partial charge in [-0.1, -0.05) is 34.1 Å². The molecule has 138 valence electrons. The molecule has 0 bridgehead atoms. The first-order valence-corrected chi connectivity index (χ1v) is 9.69. The molecule has 3 N–H and O–H groups in total. The summed E-state index contributed by atoms with van der Waals surface area (Å²) < 4.78 is 1.56. The molecule has 0 aliphatic carbocycles. The number of unbranched alkanes of at least 4 members (excludes halogenated alkanes) is 2. The standard InChI is InChI=1S/C18H32N2O3S/c1-5-11-19-15(21)10-8-7-9-12-20-16(22)13-14(17(20)23)24-18(3,4)6-2/h13,22-23H,5-12H2,1-4H3,(H,19,21). The van der Waals surface area contributed by atoms with Gasteiger partial charge in [0.05, 0.1) is 4.90 Å². The summed E-state index contributed by atoms with van der Waals surface area (Å²) in [7, 11) is 0. The fraction of sp³-hybridized carbons (Fsp3) is 0.722. The van der Waals surface area contributed by atoms with Crippen LogP contribution in [0.5, 0.6) is 11.8 Å². The Balaban J connectivity index is 2.43. The van der Waals surface area contributed by atoms with Crippen LogP contribution in [0.2, 0.25) is 0 Å². The molecular weight excluding hydrogens is 324 g/mol. The summed E-state index contributed by atoms with van der Waals surface area (Å²) in [6.45, 7) is 9.67. The third kappa shape index (κ3) is 6.67. The quantitative estimate of drug-likeness (QED) is 0.409. The lowest BCUT2D eigenvalue weighted by Crippen LogP contribution is -2.23. The minimum atomic E-state index is 0.0158. The van der Waals surface area contributed by atoms with Crippen molar-refractivity contribution in [2.24, 2.45) is 0 Å². The van der Waals surface area contributed by atoms with Crippen molar-refractivity contribution in [2.45, 2.75) is 82.4 Å². The van der Waals surface area contributed by atoms with Crippen molar-refractivity contribution in [3.05, 3.63) is 6.07 Å². The predicted octanol–water partition coefficient (Wildman–Crippen LogP) is 4.27. The number of aromatic hydroxyl groups is 2. The average Bonchev–Trinajstić information content (AvgIpc) is 2.79. The van der Waals surface area contributed by atoms with Crippen molar-refractivity contribution in [3.63, 3.8) is 0 Å². The molecule has 1 rings (SSSR count). The van der Waals surface area contributed by atoms with E-state index in [9.17, 15) is 15.0 Å². The Hall–Kier alpha value is -1.30. The maximum absolute atomic E-state index is 11.5. The fourth-order valence-corrected chi connectivity index (χ4v) is 3.36. The van der Waals surface area contributed by atoms with Gasteiger partial charge in [-0.05, 0) is 25.7 Å². The maximum Gasteiger partial charge on any atom is 0.219 e. The zero-order valence-corrected chi connectivity index (χ0v) is 16.2. The minimum Gasteiger partial charge on any atom is -0.494 e. The van der Waals surface area contributed by atoms with Crippen LogP contribution in [0.4, 0.5) is 0 Å². The Morgan fingerprint density at radius 2 is 1.96 bits per heavy atom. The molecule has 0 saturated heterocycles. The van der Waals surface area contributed by atoms with Crippen LogP contribution in [0.25, 0.3) is 0 Å². The van der Waals surface area contributed by atoms with Gasteiger partial charge in [0, 0.05) is 30.3 Å². The Kier molecular flexibility index (Phi) is 8.53. The number of nitrogens with zero attached hydrogens (tertiary/aromatic N) is 1. The number of carbonyl (C=O) groups is 1. The van der Waals surface area contributed by atoms with Gasteiger partial charge >= 0.3 is 0 Å². The van der Waals surface area contributed by atoms with Gasteiger partial charge in [-0.25, -0.2) is 0 Å². The zero-order valence-electron chi connectivity index (χ0n) is 15.4. The zero-order chi connectivity index (χ0) is 18.2. The second-order valence-electron chi connectivity index (χ2n) is 6.72. The van der Waals surface area contributed by atoms with Crippen molar-refractivity contribution in [1.82, 2.24) is 9.88 Å². The summed E-state index contributed by atoms with van der Waals surface area (Å²) in [6, 6.07) is 1.63. The van der Waals surface area contributed by atoms with E-state index in [4.69, 9.17) is 0 Å². The highest BCUT2D eigenvalue weighted by atomic mass is 32.2. The number of hydrogen-bond acceptors (Lipinski definition) is 4. The van der Waals surface area contributed by atoms with E-state index in [2.05, 4.69) is 26.1 Å². The number of hydrogen-bond donors (Lipinski definition) is 3. The van der Waals surface area contributed by atoms with E-state index < -0.39 is 0 Å². The Morgan fingerprint density at radius 1 is 1.25 bits per heavy atom. The topological polar surface area (TPSA) is 74.5 Å². The first-order chi connectivity index (χ1) is 11.3. The molecule has 24 heavy (non-hydrogen) atoms. The molecular formula is C18H32N2O3S. The highest BCUT2D eigenvalue weighted by Gasteiger charge is 2.22. The van der Waals surface area contributed by atoms with Gasteiger partial charge < -0.3 is 15.5 Å². The van der Waals surface area contributed by atoms with E-state index >= 15 is 0 Å². The van der Waals surface area contributed by atoms with Crippen molar-refractivity contribution in [1.29, 1.82) is 0 Å². The van der Waals surface area contributed by atoms with Crippen LogP contribution in [-0.4, -0.2) is 32.0 Å². The summed E-state index contributed by atoms with van der Waals surface area (Å²) in [5.74, 6) is 0.339. The van der Waals surface area contributed by atoms with Crippen LogP contribution in [0, 0.1) is 0 Å². The highest BCUT2D eigenvalue weighted by Crippen LogP contribution is 2.43. The molecule has 0 fully saturated rings. The molecule has 0 saturated carbocycles. The lowest BCUT2D eigenvalue weighted by molar-refractivity contribution is -0.121. The molecule has 6 heteroatoms. The number of rotatable bonds is 11. The van der Waals surface area contributed by atoms with E-state index in [0.29, 0.717) is 13.0 Å². The van der Waals surface area contributed by atoms with Crippen molar-refractivity contribution in [2.75, 3.05) is 6.54 Å². The van der Waals surface area contributed by atoms with Gasteiger partial charge in [-0.15, -0.1) is 11.8 Å². The molecule has 5 nitrogen and oxygen atoms in total. The van der Waals surface area contributed by atoms with Gasteiger partial charge in [-0.2, -0.15) is 0 Å². The molecule has 0 unspecified atom stereocenters. The molecule has 1 heterocycles. The predicted molar refractivity (Wildman–Crippen MR) is 99.8 cm³/mol. The van der Waals surface area contributed by atoms with Crippen LogP contribution >= 0.6 is 11.8 Å². The first kappa shape index (κ1) is 20.7. The number of nitrogens with one attached hydrogen (secondary N) is 1. The van der Waals surface area contributed by atoms with Gasteiger partial charge in [0.1, 0.15) is 0 Å². The van der Waals surface area contributed by atoms with Gasteiger partial charge in [0.25, 0.3) is 0 Å². The second kappa shape index (κ2) is 9.87. The largest absolute Gasteiger partial charge is 0.494 e. The third-order valence-electron chi connectivity index (χ3n) is 4.11. The van der Waals surface area contributed by atoms with Gasteiger partial charge in [-0.3, -0.25) is 9.36 Å². The Morgan fingerprint density at radius 3 is 2.58 bits per heavy atom. The molecule has 1 aromatic heterocycles. The first-order valence-electron chi connectivity index (χ1n) is 8.88. The number of thioether (sulfide) groups is 1. The number of amides is 1. The summed E-state index contributed by atoms with van der Waals surface area (Å²) in [6.07, 6.45) is 4.99. The monoisotopic (exact) mass is 356 g/mol. The van der Waals surface area contributed by atoms with Crippen LogP contribution < -0.4 is 5.32 Å². The number of carbonyl (C=O) groups excluding carboxylic acids is 1. The molecule has 1 amide bonds. The Labute approximate surface area is 149 Å². The van der Waals surface area contributed by atoms with E-state index in [-0.39, 0.29) is 22.4 Å². The summed E-state index contributed by atoms with van der Waals surface area (Å²) in [5.41, 5.74) is 0. The van der Waals surface area contributed by atoms with E-state index in [1.54, 1.807) is 22.4 Å². The smallest absolute Gasteiger partial charge is 0.219 e. The van der Waals surface area contributed by atoms with Crippen LogP contribution in [0.3, 0.4) is 0 Å². The van der Waals surface area contributed by atoms with Crippen LogP contribution in [-0.2, 0) is 11.3 Å². The third-order valence-corrected chi connectivity index (χ3v) is 5.47. The molecule has 0 radical (unpaired) electrons. The lowest BCUT2D eigenvalue weighted by Gasteiger charge is -2.21. The summed E-state index contributed by atoms with van der Waals surface area (Å²) in [4.78, 5) is 12.2. The molecule has 0 aromatic carbocycles. The van der Waals surface area contributed by atoms with E-state index in [1.165, 1.54) is 0 Å². The summed E-state index contributed by atoms with van der Waals surface area (Å²) >= 11 is 1.58. The van der Waals surface area contributed by atoms with Gasteiger partial charge in [0.2, 0.25) is 11.8 Å². The lowest BCUT2D eigenvalue weighted by atomic mass is 10.1. The normalized spacial score (nSPS) is 11.7. The van der Waals surface area contributed by atoms with Crippen molar-refractivity contribution in [3.8, 4) is 11.8 Å². The SMILES string of the molecule is CCCNC(=O)CCCCCn1c(O)cc(SC(C)(C)CC)c1O. The average molecular weight is 357 g/mol. The molecule has 1 aromatic rings. The second-order valence-corrected chi connectivity index (χ2v) is 8.47.